The standard InChI is InChI=1S/C17H20N4O2S2/c1-2-21-16(23)14-11-6-3-4-7-12(11)25-15(14)20-17(21)24-10-13(22)19-9-5-8-18/h2-7,9-10H2,1H3,(H,19,22). The summed E-state index contributed by atoms with van der Waals surface area (Å²) >= 11 is 2.90. The lowest BCUT2D eigenvalue weighted by Crippen LogP contribution is -2.27. The molecule has 132 valence electrons. The average molecular weight is 377 g/mol. The number of amides is 1. The number of thioether (sulfide) groups is 1. The number of nitrogens with zero attached hydrogens (tertiary/aromatic N) is 3. The molecule has 0 saturated carbocycles. The number of carbonyl (C=O) groups is 1. The largest absolute Gasteiger partial charge is 0.354 e. The molecule has 1 aliphatic rings. The minimum Gasteiger partial charge on any atom is -0.354 e. The monoisotopic (exact) mass is 376 g/mol. The summed E-state index contributed by atoms with van der Waals surface area (Å²) in [6.45, 7) is 2.80. The normalized spacial score (nSPS) is 13.4. The molecular weight excluding hydrogens is 356 g/mol. The van der Waals surface area contributed by atoms with E-state index in [0.29, 0.717) is 24.7 Å². The molecule has 0 bridgehead atoms. The second-order valence-electron chi connectivity index (χ2n) is 5.88. The molecular formula is C17H20N4O2S2. The SMILES string of the molecule is CCn1c(SCC(=O)NCCC#N)nc2sc3c(c2c1=O)CCCC3. The van der Waals surface area contributed by atoms with Gasteiger partial charge in [0.25, 0.3) is 5.56 Å². The van der Waals surface area contributed by atoms with Crippen LogP contribution in [0.4, 0.5) is 0 Å². The number of carbonyl (C=O) groups excluding carboxylic acids is 1. The third-order valence-electron chi connectivity index (χ3n) is 4.25. The highest BCUT2D eigenvalue weighted by Crippen LogP contribution is 2.34. The lowest BCUT2D eigenvalue weighted by Gasteiger charge is -2.12. The van der Waals surface area contributed by atoms with Crippen LogP contribution in [0.2, 0.25) is 0 Å². The lowest BCUT2D eigenvalue weighted by atomic mass is 9.97. The van der Waals surface area contributed by atoms with Crippen LogP contribution >= 0.6 is 23.1 Å². The summed E-state index contributed by atoms with van der Waals surface area (Å²) in [6, 6.07) is 1.99. The van der Waals surface area contributed by atoms with Crippen molar-refractivity contribution in [1.82, 2.24) is 14.9 Å². The first-order valence-corrected chi connectivity index (χ1v) is 10.3. The van der Waals surface area contributed by atoms with Gasteiger partial charge in [-0.1, -0.05) is 11.8 Å². The molecule has 6 nitrogen and oxygen atoms in total. The fraction of sp³-hybridized carbons (Fsp3) is 0.529. The molecule has 2 heterocycles. The molecule has 2 aromatic rings. The first kappa shape index (κ1) is 18.0. The zero-order valence-corrected chi connectivity index (χ0v) is 15.8. The van der Waals surface area contributed by atoms with Crippen LogP contribution in [-0.4, -0.2) is 27.8 Å². The first-order valence-electron chi connectivity index (χ1n) is 8.47. The summed E-state index contributed by atoms with van der Waals surface area (Å²) in [4.78, 5) is 31.6. The average Bonchev–Trinajstić information content (AvgIpc) is 2.98. The number of aryl methyl sites for hydroxylation is 2. The van der Waals surface area contributed by atoms with Gasteiger partial charge in [0.1, 0.15) is 4.83 Å². The molecule has 1 N–H and O–H groups in total. The van der Waals surface area contributed by atoms with Gasteiger partial charge in [0.2, 0.25) is 5.91 Å². The molecule has 0 unspecified atom stereocenters. The van der Waals surface area contributed by atoms with Gasteiger partial charge in [-0.25, -0.2) is 4.98 Å². The minimum absolute atomic E-state index is 0.0132. The van der Waals surface area contributed by atoms with E-state index in [2.05, 4.69) is 5.32 Å². The second kappa shape index (κ2) is 8.02. The third-order valence-corrected chi connectivity index (χ3v) is 6.41. The number of rotatable bonds is 6. The summed E-state index contributed by atoms with van der Waals surface area (Å²) in [5, 5.41) is 12.6. The van der Waals surface area contributed by atoms with E-state index in [1.54, 1.807) is 15.9 Å². The molecule has 8 heteroatoms. The van der Waals surface area contributed by atoms with Crippen molar-refractivity contribution >= 4 is 39.2 Å². The highest BCUT2D eigenvalue weighted by atomic mass is 32.2. The molecule has 0 fully saturated rings. The van der Waals surface area contributed by atoms with Crippen LogP contribution in [0.1, 0.15) is 36.6 Å². The fourth-order valence-electron chi connectivity index (χ4n) is 3.05. The number of fused-ring (bicyclic) bond motifs is 3. The van der Waals surface area contributed by atoms with Crippen molar-refractivity contribution in [3.8, 4) is 6.07 Å². The number of hydrogen-bond donors (Lipinski definition) is 1. The molecule has 1 amide bonds. The molecule has 0 aromatic carbocycles. The Balaban J connectivity index is 1.87. The van der Waals surface area contributed by atoms with E-state index >= 15 is 0 Å². The van der Waals surface area contributed by atoms with Gasteiger partial charge in [-0.05, 0) is 38.2 Å². The molecule has 1 aliphatic carbocycles. The molecule has 0 aliphatic heterocycles. The third kappa shape index (κ3) is 3.72. The van der Waals surface area contributed by atoms with Crippen molar-refractivity contribution in [2.75, 3.05) is 12.3 Å². The van der Waals surface area contributed by atoms with Crippen LogP contribution in [0, 0.1) is 11.3 Å². The van der Waals surface area contributed by atoms with Crippen LogP contribution in [0.3, 0.4) is 0 Å². The van der Waals surface area contributed by atoms with Gasteiger partial charge in [0.05, 0.1) is 23.6 Å². The van der Waals surface area contributed by atoms with E-state index in [0.717, 1.165) is 29.5 Å². The Hall–Kier alpha value is -1.85. The lowest BCUT2D eigenvalue weighted by molar-refractivity contribution is -0.118. The van der Waals surface area contributed by atoms with E-state index < -0.39 is 0 Å². The Bertz CT molecular complexity index is 895. The van der Waals surface area contributed by atoms with Gasteiger partial charge in [-0.3, -0.25) is 14.2 Å². The summed E-state index contributed by atoms with van der Waals surface area (Å²) in [5.41, 5.74) is 1.20. The Kier molecular flexibility index (Phi) is 5.76. The highest BCUT2D eigenvalue weighted by molar-refractivity contribution is 7.99. The van der Waals surface area contributed by atoms with Gasteiger partial charge in [-0.2, -0.15) is 5.26 Å². The Labute approximate surface area is 154 Å². The number of thiophene rings is 1. The van der Waals surface area contributed by atoms with Crippen LogP contribution in [0.25, 0.3) is 10.2 Å². The smallest absolute Gasteiger partial charge is 0.263 e. The Morgan fingerprint density at radius 3 is 3.00 bits per heavy atom. The predicted molar refractivity (Wildman–Crippen MR) is 100 cm³/mol. The quantitative estimate of drug-likeness (QED) is 0.475. The van der Waals surface area contributed by atoms with Crippen LogP contribution < -0.4 is 10.9 Å². The highest BCUT2D eigenvalue weighted by Gasteiger charge is 2.22. The number of nitrogens with one attached hydrogen (secondary N) is 1. The van der Waals surface area contributed by atoms with Crippen LogP contribution in [-0.2, 0) is 24.2 Å². The Morgan fingerprint density at radius 2 is 2.24 bits per heavy atom. The molecule has 0 saturated heterocycles. The van der Waals surface area contributed by atoms with Gasteiger partial charge < -0.3 is 5.32 Å². The maximum absolute atomic E-state index is 12.9. The number of hydrogen-bond acceptors (Lipinski definition) is 6. The minimum atomic E-state index is -0.150. The second-order valence-corrected chi connectivity index (χ2v) is 7.91. The van der Waals surface area contributed by atoms with E-state index in [1.165, 1.54) is 28.6 Å². The van der Waals surface area contributed by atoms with Gasteiger partial charge in [0.15, 0.2) is 5.16 Å². The summed E-state index contributed by atoms with van der Waals surface area (Å²) in [6.07, 6.45) is 4.59. The zero-order valence-electron chi connectivity index (χ0n) is 14.1. The Morgan fingerprint density at radius 1 is 1.44 bits per heavy atom. The van der Waals surface area contributed by atoms with Crippen molar-refractivity contribution in [2.24, 2.45) is 0 Å². The van der Waals surface area contributed by atoms with E-state index in [1.807, 2.05) is 13.0 Å². The van der Waals surface area contributed by atoms with E-state index in [4.69, 9.17) is 10.2 Å². The van der Waals surface area contributed by atoms with Crippen molar-refractivity contribution < 1.29 is 4.79 Å². The molecule has 0 atom stereocenters. The van der Waals surface area contributed by atoms with Gasteiger partial charge in [-0.15, -0.1) is 11.3 Å². The zero-order chi connectivity index (χ0) is 17.8. The maximum Gasteiger partial charge on any atom is 0.263 e. The first-order chi connectivity index (χ1) is 12.2. The van der Waals surface area contributed by atoms with E-state index in [9.17, 15) is 9.59 Å². The van der Waals surface area contributed by atoms with Crippen molar-refractivity contribution in [1.29, 1.82) is 5.26 Å². The summed E-state index contributed by atoms with van der Waals surface area (Å²) in [5.74, 6) is 0.0387. The molecule has 2 aromatic heterocycles. The molecule has 3 rings (SSSR count). The predicted octanol–water partition coefficient (Wildman–Crippen LogP) is 2.48. The maximum atomic E-state index is 12.9. The van der Waals surface area contributed by atoms with Gasteiger partial charge >= 0.3 is 0 Å². The van der Waals surface area contributed by atoms with Crippen molar-refractivity contribution in [3.05, 3.63) is 20.8 Å². The van der Waals surface area contributed by atoms with Crippen molar-refractivity contribution in [2.45, 2.75) is 50.7 Å². The number of nitriles is 1. The molecule has 0 radical (unpaired) electrons. The number of aromatic nitrogens is 2. The summed E-state index contributed by atoms with van der Waals surface area (Å²) in [7, 11) is 0. The molecule has 25 heavy (non-hydrogen) atoms. The van der Waals surface area contributed by atoms with Crippen molar-refractivity contribution in [3.63, 3.8) is 0 Å². The van der Waals surface area contributed by atoms with E-state index in [-0.39, 0.29) is 17.2 Å². The molecule has 0 spiro atoms. The topological polar surface area (TPSA) is 87.8 Å². The summed E-state index contributed by atoms with van der Waals surface area (Å²) < 4.78 is 1.66. The van der Waals surface area contributed by atoms with Gasteiger partial charge in [0, 0.05) is 18.0 Å². The van der Waals surface area contributed by atoms with Crippen LogP contribution in [0.15, 0.2) is 9.95 Å². The van der Waals surface area contributed by atoms with Crippen LogP contribution in [0.5, 0.6) is 0 Å². The fourth-order valence-corrected chi connectivity index (χ4v) is 5.24.